The number of benzene rings is 1. The molecule has 0 fully saturated rings. The second kappa shape index (κ2) is 9.02. The Morgan fingerprint density at radius 1 is 1.06 bits per heavy atom. The van der Waals surface area contributed by atoms with Crippen LogP contribution in [0.2, 0.25) is 0 Å². The van der Waals surface area contributed by atoms with Crippen LogP contribution in [0.1, 0.15) is 17.0 Å². The first kappa shape index (κ1) is 22.1. The summed E-state index contributed by atoms with van der Waals surface area (Å²) >= 11 is 0. The summed E-state index contributed by atoms with van der Waals surface area (Å²) in [6.07, 6.45) is -3.57. The fourth-order valence-corrected chi connectivity index (χ4v) is 2.58. The summed E-state index contributed by atoms with van der Waals surface area (Å²) in [4.78, 5) is 23.1. The van der Waals surface area contributed by atoms with E-state index in [4.69, 9.17) is 4.74 Å². The summed E-state index contributed by atoms with van der Waals surface area (Å²) in [6.45, 7) is 0.333. The van der Waals surface area contributed by atoms with Crippen molar-refractivity contribution in [3.05, 3.63) is 59.6 Å². The van der Waals surface area contributed by atoms with Crippen molar-refractivity contribution in [2.75, 3.05) is 26.0 Å². The molecule has 0 radical (unpaired) electrons. The number of nitrogens with zero attached hydrogens (tertiary/aromatic N) is 5. The van der Waals surface area contributed by atoms with Gasteiger partial charge in [-0.2, -0.15) is 18.2 Å². The smallest absolute Gasteiger partial charge is 0.444 e. The van der Waals surface area contributed by atoms with Crippen molar-refractivity contribution < 1.29 is 27.2 Å². The first-order valence-corrected chi connectivity index (χ1v) is 9.14. The fourth-order valence-electron chi connectivity index (χ4n) is 2.58. The Kier molecular flexibility index (Phi) is 6.42. The third kappa shape index (κ3) is 5.71. The van der Waals surface area contributed by atoms with Crippen molar-refractivity contribution in [2.24, 2.45) is 0 Å². The van der Waals surface area contributed by atoms with Crippen LogP contribution in [0, 0.1) is 0 Å². The topological polar surface area (TPSA) is 84.6 Å². The summed E-state index contributed by atoms with van der Waals surface area (Å²) in [5.41, 5.74) is 1.87. The van der Waals surface area contributed by atoms with Gasteiger partial charge in [-0.1, -0.05) is 35.5 Å². The molecule has 31 heavy (non-hydrogen) atoms. The van der Waals surface area contributed by atoms with Crippen molar-refractivity contribution in [1.82, 2.24) is 20.0 Å². The third-order valence-electron chi connectivity index (χ3n) is 4.24. The maximum Gasteiger partial charge on any atom is 0.471 e. The van der Waals surface area contributed by atoms with Gasteiger partial charge < -0.3 is 19.1 Å². The van der Waals surface area contributed by atoms with Gasteiger partial charge in [-0.25, -0.2) is 9.78 Å². The van der Waals surface area contributed by atoms with Crippen molar-refractivity contribution >= 4 is 11.9 Å². The van der Waals surface area contributed by atoms with Crippen molar-refractivity contribution in [3.63, 3.8) is 0 Å². The van der Waals surface area contributed by atoms with Crippen LogP contribution in [0.5, 0.6) is 0 Å². The predicted octanol–water partition coefficient (Wildman–Crippen LogP) is 3.99. The molecule has 0 N–H and O–H groups in total. The highest BCUT2D eigenvalue weighted by Crippen LogP contribution is 2.29. The lowest BCUT2D eigenvalue weighted by Gasteiger charge is -2.17. The molecule has 1 amide bonds. The van der Waals surface area contributed by atoms with Crippen LogP contribution in [0.4, 0.5) is 23.8 Å². The summed E-state index contributed by atoms with van der Waals surface area (Å²) < 4.78 is 47.2. The number of alkyl halides is 3. The van der Waals surface area contributed by atoms with Gasteiger partial charge in [0, 0.05) is 45.0 Å². The number of halogens is 3. The molecule has 0 atom stereocenters. The number of ether oxygens (including phenoxy) is 1. The van der Waals surface area contributed by atoms with E-state index in [0.29, 0.717) is 5.56 Å². The molecule has 0 saturated carbocycles. The molecule has 3 aromatic rings. The monoisotopic (exact) mass is 435 g/mol. The van der Waals surface area contributed by atoms with Crippen molar-refractivity contribution in [1.29, 1.82) is 0 Å². The normalized spacial score (nSPS) is 11.3. The summed E-state index contributed by atoms with van der Waals surface area (Å²) in [7, 11) is 5.34. The molecule has 164 valence electrons. The Balaban J connectivity index is 1.54. The molecule has 0 spiro atoms. The lowest BCUT2D eigenvalue weighted by atomic mass is 10.1. The van der Waals surface area contributed by atoms with E-state index in [9.17, 15) is 18.0 Å². The highest BCUT2D eigenvalue weighted by atomic mass is 19.4. The van der Waals surface area contributed by atoms with Gasteiger partial charge >= 0.3 is 18.2 Å². The van der Waals surface area contributed by atoms with Crippen LogP contribution in [-0.4, -0.2) is 47.3 Å². The maximum atomic E-state index is 12.6. The van der Waals surface area contributed by atoms with Crippen molar-refractivity contribution in [3.8, 4) is 11.4 Å². The minimum atomic E-state index is -4.70. The highest BCUT2D eigenvalue weighted by molar-refractivity contribution is 5.67. The average Bonchev–Trinajstić information content (AvgIpc) is 3.23. The molecule has 1 aromatic carbocycles. The van der Waals surface area contributed by atoms with Crippen molar-refractivity contribution in [2.45, 2.75) is 19.3 Å². The molecular weight excluding hydrogens is 415 g/mol. The summed E-state index contributed by atoms with van der Waals surface area (Å²) in [5.74, 6) is -0.771. The molecule has 0 aliphatic carbocycles. The number of anilines is 1. The van der Waals surface area contributed by atoms with E-state index in [1.54, 1.807) is 37.5 Å². The number of carbonyl (C=O) groups excluding carboxylic acids is 1. The lowest BCUT2D eigenvalue weighted by molar-refractivity contribution is -0.159. The van der Waals surface area contributed by atoms with Gasteiger partial charge in [0.2, 0.25) is 5.82 Å². The van der Waals surface area contributed by atoms with Crippen LogP contribution in [-0.2, 0) is 24.1 Å². The molecule has 8 nitrogen and oxygen atoms in total. The number of carbonyl (C=O) groups is 1. The zero-order chi connectivity index (χ0) is 22.6. The highest BCUT2D eigenvalue weighted by Gasteiger charge is 2.38. The van der Waals surface area contributed by atoms with Crippen LogP contribution in [0.15, 0.2) is 47.1 Å². The Morgan fingerprint density at radius 3 is 2.29 bits per heavy atom. The second-order valence-corrected chi connectivity index (χ2v) is 6.95. The van der Waals surface area contributed by atoms with E-state index in [-0.39, 0.29) is 19.0 Å². The third-order valence-corrected chi connectivity index (χ3v) is 4.24. The van der Waals surface area contributed by atoms with Crippen LogP contribution < -0.4 is 4.90 Å². The van der Waals surface area contributed by atoms with Crippen LogP contribution >= 0.6 is 0 Å². The SMILES string of the molecule is CN(Cc1ccc(-c2noc(C(F)(F)F)n2)cc1)C(=O)OCc1ccc(N(C)C)nc1. The Morgan fingerprint density at radius 2 is 1.74 bits per heavy atom. The van der Waals surface area contributed by atoms with Gasteiger partial charge in [-0.05, 0) is 11.6 Å². The lowest BCUT2D eigenvalue weighted by Crippen LogP contribution is -2.26. The summed E-state index contributed by atoms with van der Waals surface area (Å²) in [5, 5.41) is 3.34. The number of hydrogen-bond acceptors (Lipinski definition) is 7. The second-order valence-electron chi connectivity index (χ2n) is 6.95. The Labute approximate surface area is 176 Å². The van der Waals surface area contributed by atoms with Gasteiger partial charge in [-0.3, -0.25) is 0 Å². The number of rotatable bonds is 6. The zero-order valence-electron chi connectivity index (χ0n) is 17.1. The Bertz CT molecular complexity index is 1020. The average molecular weight is 435 g/mol. The number of hydrogen-bond donors (Lipinski definition) is 0. The molecular formula is C20H20F3N5O3. The Hall–Kier alpha value is -3.63. The van der Waals surface area contributed by atoms with Gasteiger partial charge in [0.1, 0.15) is 12.4 Å². The molecule has 0 bridgehead atoms. The molecule has 0 saturated heterocycles. The fraction of sp³-hybridized carbons (Fsp3) is 0.300. The number of amides is 1. The molecule has 0 aliphatic heterocycles. The van der Waals surface area contributed by atoms with E-state index in [1.165, 1.54) is 4.90 Å². The molecule has 11 heteroatoms. The van der Waals surface area contributed by atoms with Gasteiger partial charge in [0.25, 0.3) is 0 Å². The number of pyridine rings is 1. The molecule has 0 aliphatic rings. The van der Waals surface area contributed by atoms with E-state index >= 15 is 0 Å². The van der Waals surface area contributed by atoms with E-state index in [2.05, 4.69) is 19.6 Å². The number of aromatic nitrogens is 3. The molecule has 0 unspecified atom stereocenters. The minimum absolute atomic E-state index is 0.0855. The van der Waals surface area contributed by atoms with Gasteiger partial charge in [0.15, 0.2) is 0 Å². The minimum Gasteiger partial charge on any atom is -0.444 e. The van der Waals surface area contributed by atoms with Crippen LogP contribution in [0.25, 0.3) is 11.4 Å². The molecule has 2 heterocycles. The van der Waals surface area contributed by atoms with E-state index < -0.39 is 18.2 Å². The van der Waals surface area contributed by atoms with E-state index in [0.717, 1.165) is 16.9 Å². The van der Waals surface area contributed by atoms with Gasteiger partial charge in [-0.15, -0.1) is 0 Å². The predicted molar refractivity (Wildman–Crippen MR) is 105 cm³/mol. The first-order valence-electron chi connectivity index (χ1n) is 9.14. The maximum absolute atomic E-state index is 12.6. The standard InChI is InChI=1S/C20H20F3N5O3/c1-27(2)16-9-6-14(10-24-16)12-30-19(29)28(3)11-13-4-7-15(8-5-13)17-25-18(31-26-17)20(21,22)23/h4-10H,11-12H2,1-3H3. The molecule has 2 aromatic heterocycles. The molecule has 3 rings (SSSR count). The summed E-state index contributed by atoms with van der Waals surface area (Å²) in [6, 6.07) is 10.1. The largest absolute Gasteiger partial charge is 0.471 e. The zero-order valence-corrected chi connectivity index (χ0v) is 17.1. The van der Waals surface area contributed by atoms with Crippen LogP contribution in [0.3, 0.4) is 0 Å². The van der Waals surface area contributed by atoms with Gasteiger partial charge in [0.05, 0.1) is 0 Å². The quantitative estimate of drug-likeness (QED) is 0.579. The first-order chi connectivity index (χ1) is 14.6. The van der Waals surface area contributed by atoms with E-state index in [1.807, 2.05) is 31.1 Å².